The van der Waals surface area contributed by atoms with Gasteiger partial charge in [-0.05, 0) is 31.4 Å². The van der Waals surface area contributed by atoms with Gasteiger partial charge in [0.05, 0.1) is 17.1 Å². The van der Waals surface area contributed by atoms with E-state index in [1.54, 1.807) is 0 Å². The molecule has 2 nitrogen and oxygen atoms in total. The van der Waals surface area contributed by atoms with Crippen LogP contribution in [0.25, 0.3) is 16.9 Å². The summed E-state index contributed by atoms with van der Waals surface area (Å²) in [5.74, 6) is 6.15. The molecular formula is C18H16N2. The van der Waals surface area contributed by atoms with Crippen molar-refractivity contribution < 1.29 is 0 Å². The van der Waals surface area contributed by atoms with Crippen LogP contribution in [0.15, 0.2) is 48.5 Å². The largest absolute Gasteiger partial charge is 0.285 e. The Morgan fingerprint density at radius 2 is 1.85 bits per heavy atom. The number of aryl methyl sites for hydroxylation is 1. The highest BCUT2D eigenvalue weighted by molar-refractivity contribution is 5.68. The van der Waals surface area contributed by atoms with Crippen molar-refractivity contribution in [3.8, 4) is 23.1 Å². The lowest BCUT2D eigenvalue weighted by Gasteiger charge is -2.06. The third-order valence-corrected chi connectivity index (χ3v) is 3.35. The summed E-state index contributed by atoms with van der Waals surface area (Å²) < 4.78 is 2.16. The summed E-state index contributed by atoms with van der Waals surface area (Å²) in [4.78, 5) is 4.75. The molecule has 0 saturated heterocycles. The predicted molar refractivity (Wildman–Crippen MR) is 82.6 cm³/mol. The number of fused-ring (bicyclic) bond motifs is 1. The molecule has 0 atom stereocenters. The van der Waals surface area contributed by atoms with Crippen LogP contribution in [-0.4, -0.2) is 9.38 Å². The van der Waals surface area contributed by atoms with E-state index in [2.05, 4.69) is 47.4 Å². The standard InChI is InChI=1S/C18H16N2/c1-3-9-15-12-8-13-17-19-16(4-2)18(20(15)17)14-10-6-5-7-11-14/h5-8,10-13H,4H2,1-2H3. The van der Waals surface area contributed by atoms with Gasteiger partial charge in [0.2, 0.25) is 0 Å². The van der Waals surface area contributed by atoms with Crippen LogP contribution in [0.3, 0.4) is 0 Å². The monoisotopic (exact) mass is 260 g/mol. The first-order valence-corrected chi connectivity index (χ1v) is 6.83. The van der Waals surface area contributed by atoms with Crippen LogP contribution in [0, 0.1) is 11.8 Å². The maximum absolute atomic E-state index is 4.75. The zero-order valence-electron chi connectivity index (χ0n) is 11.7. The summed E-state index contributed by atoms with van der Waals surface area (Å²) in [5, 5.41) is 0. The van der Waals surface area contributed by atoms with E-state index in [0.717, 1.165) is 29.1 Å². The minimum absolute atomic E-state index is 0.908. The maximum Gasteiger partial charge on any atom is 0.138 e. The van der Waals surface area contributed by atoms with Gasteiger partial charge >= 0.3 is 0 Å². The molecule has 1 aromatic carbocycles. The number of benzene rings is 1. The second-order valence-corrected chi connectivity index (χ2v) is 4.61. The van der Waals surface area contributed by atoms with Gasteiger partial charge in [0.1, 0.15) is 5.65 Å². The zero-order valence-corrected chi connectivity index (χ0v) is 11.7. The fraction of sp³-hybridized carbons (Fsp3) is 0.167. The fourth-order valence-electron chi connectivity index (χ4n) is 2.50. The molecule has 0 aliphatic heterocycles. The first-order valence-electron chi connectivity index (χ1n) is 6.83. The molecule has 98 valence electrons. The lowest BCUT2D eigenvalue weighted by molar-refractivity contribution is 1.07. The van der Waals surface area contributed by atoms with Crippen LogP contribution in [0.1, 0.15) is 25.2 Å². The summed E-state index contributed by atoms with van der Waals surface area (Å²) in [6.45, 7) is 4.00. The quantitative estimate of drug-likeness (QED) is 0.638. The van der Waals surface area contributed by atoms with Gasteiger partial charge in [-0.1, -0.05) is 49.2 Å². The molecule has 20 heavy (non-hydrogen) atoms. The van der Waals surface area contributed by atoms with Crippen LogP contribution in [-0.2, 0) is 6.42 Å². The Kier molecular flexibility index (Phi) is 3.26. The van der Waals surface area contributed by atoms with Crippen LogP contribution < -0.4 is 0 Å². The highest BCUT2D eigenvalue weighted by Crippen LogP contribution is 2.26. The summed E-state index contributed by atoms with van der Waals surface area (Å²) >= 11 is 0. The summed E-state index contributed by atoms with van der Waals surface area (Å²) in [6, 6.07) is 16.5. The van der Waals surface area contributed by atoms with E-state index in [0.29, 0.717) is 0 Å². The van der Waals surface area contributed by atoms with Crippen molar-refractivity contribution in [3.05, 3.63) is 59.9 Å². The van der Waals surface area contributed by atoms with Crippen molar-refractivity contribution in [1.82, 2.24) is 9.38 Å². The first-order chi connectivity index (χ1) is 9.85. The van der Waals surface area contributed by atoms with E-state index in [9.17, 15) is 0 Å². The number of imidazole rings is 1. The molecule has 2 heteroatoms. The Morgan fingerprint density at radius 3 is 2.55 bits per heavy atom. The molecule has 0 amide bonds. The smallest absolute Gasteiger partial charge is 0.138 e. The van der Waals surface area contributed by atoms with Crippen molar-refractivity contribution in [2.45, 2.75) is 20.3 Å². The lowest BCUT2D eigenvalue weighted by Crippen LogP contribution is -1.95. The van der Waals surface area contributed by atoms with Gasteiger partial charge in [0.15, 0.2) is 0 Å². The van der Waals surface area contributed by atoms with Crippen LogP contribution >= 0.6 is 0 Å². The van der Waals surface area contributed by atoms with Gasteiger partial charge in [-0.25, -0.2) is 4.98 Å². The van der Waals surface area contributed by atoms with Crippen molar-refractivity contribution in [3.63, 3.8) is 0 Å². The number of hydrogen-bond acceptors (Lipinski definition) is 1. The molecule has 3 aromatic rings. The molecule has 0 fully saturated rings. The number of hydrogen-bond donors (Lipinski definition) is 0. The Bertz CT molecular complexity index is 802. The molecule has 2 heterocycles. The molecule has 2 aromatic heterocycles. The average molecular weight is 260 g/mol. The Hall–Kier alpha value is -2.53. The number of aromatic nitrogens is 2. The number of pyridine rings is 1. The zero-order chi connectivity index (χ0) is 13.9. The minimum Gasteiger partial charge on any atom is -0.285 e. The van der Waals surface area contributed by atoms with Gasteiger partial charge in [-0.2, -0.15) is 0 Å². The Morgan fingerprint density at radius 1 is 1.05 bits per heavy atom. The molecule has 0 saturated carbocycles. The molecule has 0 aliphatic carbocycles. The third-order valence-electron chi connectivity index (χ3n) is 3.35. The van der Waals surface area contributed by atoms with Gasteiger partial charge in [0, 0.05) is 5.56 Å². The third kappa shape index (κ3) is 1.98. The molecule has 0 N–H and O–H groups in total. The molecule has 0 radical (unpaired) electrons. The van der Waals surface area contributed by atoms with Crippen LogP contribution in [0.5, 0.6) is 0 Å². The van der Waals surface area contributed by atoms with Crippen molar-refractivity contribution in [1.29, 1.82) is 0 Å². The van der Waals surface area contributed by atoms with E-state index in [4.69, 9.17) is 4.98 Å². The minimum atomic E-state index is 0.908. The normalized spacial score (nSPS) is 10.3. The van der Waals surface area contributed by atoms with Gasteiger partial charge in [-0.15, -0.1) is 0 Å². The molecule has 3 rings (SSSR count). The van der Waals surface area contributed by atoms with Crippen molar-refractivity contribution in [2.24, 2.45) is 0 Å². The molecule has 0 bridgehead atoms. The van der Waals surface area contributed by atoms with E-state index >= 15 is 0 Å². The highest BCUT2D eigenvalue weighted by Gasteiger charge is 2.14. The molecule has 0 unspecified atom stereocenters. The fourth-order valence-corrected chi connectivity index (χ4v) is 2.50. The van der Waals surface area contributed by atoms with E-state index in [1.165, 1.54) is 5.56 Å². The summed E-state index contributed by atoms with van der Waals surface area (Å²) in [6.07, 6.45) is 0.908. The van der Waals surface area contributed by atoms with Crippen molar-refractivity contribution in [2.75, 3.05) is 0 Å². The number of nitrogens with zero attached hydrogens (tertiary/aromatic N) is 2. The Balaban J connectivity index is 2.41. The topological polar surface area (TPSA) is 17.3 Å². The lowest BCUT2D eigenvalue weighted by atomic mass is 10.1. The highest BCUT2D eigenvalue weighted by atomic mass is 15.0. The first kappa shape index (κ1) is 12.5. The van der Waals surface area contributed by atoms with E-state index in [1.807, 2.05) is 31.2 Å². The Labute approximate surface area is 119 Å². The summed E-state index contributed by atoms with van der Waals surface area (Å²) in [5.41, 5.74) is 5.39. The molecule has 0 spiro atoms. The van der Waals surface area contributed by atoms with E-state index < -0.39 is 0 Å². The average Bonchev–Trinajstić information content (AvgIpc) is 2.88. The SMILES string of the molecule is CC#Cc1cccc2nc(CC)c(-c3ccccc3)n12. The number of rotatable bonds is 2. The van der Waals surface area contributed by atoms with Crippen LogP contribution in [0.4, 0.5) is 0 Å². The molecule has 0 aliphatic rings. The van der Waals surface area contributed by atoms with E-state index in [-0.39, 0.29) is 0 Å². The van der Waals surface area contributed by atoms with Gasteiger partial charge < -0.3 is 0 Å². The maximum atomic E-state index is 4.75. The molecular weight excluding hydrogens is 244 g/mol. The van der Waals surface area contributed by atoms with Crippen LogP contribution in [0.2, 0.25) is 0 Å². The van der Waals surface area contributed by atoms with Gasteiger partial charge in [0.25, 0.3) is 0 Å². The second kappa shape index (κ2) is 5.22. The predicted octanol–water partition coefficient (Wildman–Crippen LogP) is 3.94. The van der Waals surface area contributed by atoms with Gasteiger partial charge in [-0.3, -0.25) is 4.40 Å². The second-order valence-electron chi connectivity index (χ2n) is 4.61. The summed E-state index contributed by atoms with van der Waals surface area (Å²) in [7, 11) is 0. The van der Waals surface area contributed by atoms with Crippen molar-refractivity contribution >= 4 is 5.65 Å².